The Morgan fingerprint density at radius 3 is 2.49 bits per heavy atom. The molecule has 4 heterocycles. The van der Waals surface area contributed by atoms with Crippen LogP contribution in [-0.4, -0.2) is 54.6 Å². The van der Waals surface area contributed by atoms with E-state index in [0.29, 0.717) is 5.56 Å². The highest BCUT2D eigenvalue weighted by molar-refractivity contribution is 6.31. The van der Waals surface area contributed by atoms with E-state index < -0.39 is 48.3 Å². The average molecular weight is 565 g/mol. The summed E-state index contributed by atoms with van der Waals surface area (Å²) in [5, 5.41) is 6.41. The van der Waals surface area contributed by atoms with Gasteiger partial charge in [0.15, 0.2) is 5.82 Å². The Hall–Kier alpha value is -4.20. The molecule has 1 N–H and O–H groups in total. The number of rotatable bonds is 7. The number of carbonyl (C=O) groups excluding carboxylic acids is 1. The first-order chi connectivity index (χ1) is 18.5. The standard InChI is InChI=1S/C24H18ClF5N8O/c1-12(13-4-32-23(33-5-13)37-10-24(29,30)11-37)38-9-14(6-34-38)35-22(39)18-8-31-7-17(36-18)19-15(21(27)28)2-3-16(25)20(19)26/h2-9,12,21H,10-11H2,1H3,(H,35,39). The van der Waals surface area contributed by atoms with Crippen molar-refractivity contribution in [2.45, 2.75) is 25.3 Å². The second-order valence-electron chi connectivity index (χ2n) is 8.78. The molecule has 1 aromatic carbocycles. The van der Waals surface area contributed by atoms with Crippen molar-refractivity contribution < 1.29 is 26.7 Å². The molecule has 1 aliphatic heterocycles. The summed E-state index contributed by atoms with van der Waals surface area (Å²) in [5.41, 5.74) is -0.803. The van der Waals surface area contributed by atoms with Crippen LogP contribution in [-0.2, 0) is 0 Å². The number of amides is 1. The van der Waals surface area contributed by atoms with Crippen molar-refractivity contribution in [3.8, 4) is 11.3 Å². The molecular formula is C24H18ClF5N8O. The molecule has 1 saturated heterocycles. The largest absolute Gasteiger partial charge is 0.329 e. The summed E-state index contributed by atoms with van der Waals surface area (Å²) >= 11 is 5.77. The van der Waals surface area contributed by atoms with Gasteiger partial charge in [0.25, 0.3) is 18.3 Å². The van der Waals surface area contributed by atoms with Gasteiger partial charge in [-0.25, -0.2) is 36.9 Å². The Morgan fingerprint density at radius 1 is 1.10 bits per heavy atom. The van der Waals surface area contributed by atoms with Crippen LogP contribution in [0, 0.1) is 5.82 Å². The Kier molecular flexibility index (Phi) is 6.89. The third-order valence-corrected chi connectivity index (χ3v) is 6.30. The van der Waals surface area contributed by atoms with Crippen LogP contribution >= 0.6 is 11.6 Å². The Labute approximate surface area is 222 Å². The topological polar surface area (TPSA) is 102 Å². The fourth-order valence-electron chi connectivity index (χ4n) is 3.93. The molecule has 0 spiro atoms. The van der Waals surface area contributed by atoms with Gasteiger partial charge in [0, 0.05) is 35.3 Å². The average Bonchev–Trinajstić information content (AvgIpc) is 3.36. The fraction of sp³-hybridized carbons (Fsp3) is 0.250. The van der Waals surface area contributed by atoms with Gasteiger partial charge in [0.05, 0.1) is 54.1 Å². The summed E-state index contributed by atoms with van der Waals surface area (Å²) in [5.74, 6) is -4.38. The molecular weight excluding hydrogens is 547 g/mol. The number of alkyl halides is 4. The number of hydrogen-bond acceptors (Lipinski definition) is 7. The Morgan fingerprint density at radius 2 is 1.82 bits per heavy atom. The number of halogens is 6. The Bertz CT molecular complexity index is 1520. The molecule has 0 bridgehead atoms. The number of nitrogens with zero attached hydrogens (tertiary/aromatic N) is 7. The summed E-state index contributed by atoms with van der Waals surface area (Å²) in [6, 6.07) is 1.62. The third-order valence-electron chi connectivity index (χ3n) is 6.01. The van der Waals surface area contributed by atoms with E-state index in [1.165, 1.54) is 34.4 Å². The lowest BCUT2D eigenvalue weighted by Gasteiger charge is -2.38. The molecule has 39 heavy (non-hydrogen) atoms. The second kappa shape index (κ2) is 10.2. The maximum Gasteiger partial charge on any atom is 0.282 e. The first kappa shape index (κ1) is 26.4. The van der Waals surface area contributed by atoms with E-state index in [9.17, 15) is 26.7 Å². The first-order valence-corrected chi connectivity index (χ1v) is 11.8. The van der Waals surface area contributed by atoms with Gasteiger partial charge in [-0.2, -0.15) is 5.10 Å². The highest BCUT2D eigenvalue weighted by Crippen LogP contribution is 2.35. The molecule has 3 aromatic heterocycles. The molecule has 1 atom stereocenters. The van der Waals surface area contributed by atoms with Crippen LogP contribution in [0.2, 0.25) is 5.02 Å². The summed E-state index contributed by atoms with van der Waals surface area (Å²) < 4.78 is 69.3. The molecule has 202 valence electrons. The van der Waals surface area contributed by atoms with Crippen molar-refractivity contribution in [1.82, 2.24) is 29.7 Å². The van der Waals surface area contributed by atoms with Gasteiger partial charge < -0.3 is 10.2 Å². The molecule has 4 aromatic rings. The molecule has 1 fully saturated rings. The molecule has 0 aliphatic carbocycles. The van der Waals surface area contributed by atoms with Gasteiger partial charge in [-0.15, -0.1) is 0 Å². The van der Waals surface area contributed by atoms with Crippen molar-refractivity contribution in [2.24, 2.45) is 0 Å². The van der Waals surface area contributed by atoms with Crippen LogP contribution in [0.5, 0.6) is 0 Å². The maximum absolute atomic E-state index is 14.6. The monoisotopic (exact) mass is 564 g/mol. The van der Waals surface area contributed by atoms with Crippen LogP contribution < -0.4 is 10.2 Å². The number of aromatic nitrogens is 6. The molecule has 1 unspecified atom stereocenters. The van der Waals surface area contributed by atoms with Gasteiger partial charge >= 0.3 is 0 Å². The SMILES string of the molecule is CC(c1cnc(N2CC(F)(F)C2)nc1)n1cc(NC(=O)c2cncc(-c3c(C(F)F)ccc(Cl)c3F)n2)cn1. The van der Waals surface area contributed by atoms with E-state index in [0.717, 1.165) is 24.5 Å². The lowest BCUT2D eigenvalue weighted by atomic mass is 10.0. The zero-order valence-corrected chi connectivity index (χ0v) is 20.8. The molecule has 15 heteroatoms. The summed E-state index contributed by atoms with van der Waals surface area (Å²) in [6.07, 6.45) is 5.05. The van der Waals surface area contributed by atoms with Crippen molar-refractivity contribution in [3.63, 3.8) is 0 Å². The quantitative estimate of drug-likeness (QED) is 0.309. The molecule has 0 radical (unpaired) electrons. The van der Waals surface area contributed by atoms with Crippen molar-refractivity contribution in [3.05, 3.63) is 77.0 Å². The highest BCUT2D eigenvalue weighted by atomic mass is 35.5. The summed E-state index contributed by atoms with van der Waals surface area (Å²) in [7, 11) is 0. The van der Waals surface area contributed by atoms with Gasteiger partial charge in [0.2, 0.25) is 5.95 Å². The van der Waals surface area contributed by atoms with Gasteiger partial charge in [-0.1, -0.05) is 17.7 Å². The van der Waals surface area contributed by atoms with E-state index in [-0.39, 0.29) is 34.1 Å². The van der Waals surface area contributed by atoms with Crippen molar-refractivity contribution in [2.75, 3.05) is 23.3 Å². The van der Waals surface area contributed by atoms with Gasteiger partial charge in [-0.05, 0) is 13.0 Å². The summed E-state index contributed by atoms with van der Waals surface area (Å²) in [4.78, 5) is 30.3. The van der Waals surface area contributed by atoms with E-state index in [1.54, 1.807) is 6.92 Å². The van der Waals surface area contributed by atoms with Crippen LogP contribution in [0.3, 0.4) is 0 Å². The molecule has 1 amide bonds. The second-order valence-corrected chi connectivity index (χ2v) is 9.19. The normalized spacial score (nSPS) is 15.2. The van der Waals surface area contributed by atoms with Crippen LogP contribution in [0.25, 0.3) is 11.3 Å². The number of nitrogens with one attached hydrogen (secondary N) is 1. The van der Waals surface area contributed by atoms with E-state index in [1.807, 2.05) is 0 Å². The molecule has 0 saturated carbocycles. The lowest BCUT2D eigenvalue weighted by Crippen LogP contribution is -2.57. The van der Waals surface area contributed by atoms with Crippen LogP contribution in [0.4, 0.5) is 33.6 Å². The zero-order chi connectivity index (χ0) is 27.9. The Balaban J connectivity index is 1.30. The molecule has 1 aliphatic rings. The van der Waals surface area contributed by atoms with E-state index in [2.05, 4.69) is 30.4 Å². The van der Waals surface area contributed by atoms with Gasteiger partial charge in [0.1, 0.15) is 5.69 Å². The highest BCUT2D eigenvalue weighted by Gasteiger charge is 2.45. The minimum absolute atomic E-state index is 0.201. The van der Waals surface area contributed by atoms with Crippen molar-refractivity contribution in [1.29, 1.82) is 0 Å². The smallest absolute Gasteiger partial charge is 0.282 e. The molecule has 5 rings (SSSR count). The fourth-order valence-corrected chi connectivity index (χ4v) is 4.09. The van der Waals surface area contributed by atoms with Crippen LogP contribution in [0.15, 0.2) is 49.3 Å². The first-order valence-electron chi connectivity index (χ1n) is 11.4. The van der Waals surface area contributed by atoms with E-state index >= 15 is 0 Å². The predicted molar refractivity (Wildman–Crippen MR) is 131 cm³/mol. The zero-order valence-electron chi connectivity index (χ0n) is 20.0. The van der Waals surface area contributed by atoms with E-state index in [4.69, 9.17) is 11.6 Å². The van der Waals surface area contributed by atoms with Gasteiger partial charge in [-0.3, -0.25) is 14.5 Å². The summed E-state index contributed by atoms with van der Waals surface area (Å²) in [6.45, 7) is 0.932. The maximum atomic E-state index is 14.6. The predicted octanol–water partition coefficient (Wildman–Crippen LogP) is 5.18. The number of benzene rings is 1. The number of anilines is 2. The minimum atomic E-state index is -3.01. The number of carbonyl (C=O) groups is 1. The van der Waals surface area contributed by atoms with Crippen molar-refractivity contribution >= 4 is 29.1 Å². The molecule has 9 nitrogen and oxygen atoms in total. The lowest BCUT2D eigenvalue weighted by molar-refractivity contribution is -0.0271. The van der Waals surface area contributed by atoms with Crippen LogP contribution in [0.1, 0.15) is 41.0 Å². The minimum Gasteiger partial charge on any atom is -0.329 e. The number of hydrogen-bond donors (Lipinski definition) is 1. The third kappa shape index (κ3) is 5.37.